The molecule has 4 heteroatoms. The summed E-state index contributed by atoms with van der Waals surface area (Å²) in [6.45, 7) is 4.04. The molecule has 1 aromatic rings. The Balaban J connectivity index is 3.02. The maximum Gasteiger partial charge on any atom is 0.121 e. The van der Waals surface area contributed by atoms with Crippen LogP contribution in [0.3, 0.4) is 0 Å². The predicted octanol–water partition coefficient (Wildman–Crippen LogP) is 2.74. The second kappa shape index (κ2) is 5.03. The Labute approximate surface area is 94.6 Å². The maximum atomic E-state index is 9.70. The molecule has 0 amide bonds. The molecule has 0 saturated heterocycles. The van der Waals surface area contributed by atoms with Crippen molar-refractivity contribution in [2.75, 3.05) is 5.88 Å². The zero-order valence-electron chi connectivity index (χ0n) is 8.87. The molecule has 0 aromatic heterocycles. The van der Waals surface area contributed by atoms with Crippen molar-refractivity contribution in [2.24, 2.45) is 10.7 Å². The number of hydrogen-bond acceptors (Lipinski definition) is 2. The minimum Gasteiger partial charge on any atom is -0.508 e. The Kier molecular flexibility index (Phi) is 3.97. The van der Waals surface area contributed by atoms with Gasteiger partial charge in [0, 0.05) is 6.07 Å². The first kappa shape index (κ1) is 11.9. The number of amidine groups is 1. The fourth-order valence-corrected chi connectivity index (χ4v) is 1.35. The number of halogens is 1. The average molecular weight is 227 g/mol. The molecule has 15 heavy (non-hydrogen) atoms. The van der Waals surface area contributed by atoms with E-state index in [9.17, 15) is 5.11 Å². The number of alkyl halides is 1. The molecule has 0 aliphatic carbocycles. The van der Waals surface area contributed by atoms with Crippen molar-refractivity contribution in [1.82, 2.24) is 0 Å². The van der Waals surface area contributed by atoms with Gasteiger partial charge in [-0.05, 0) is 17.5 Å². The lowest BCUT2D eigenvalue weighted by molar-refractivity contribution is 0.465. The van der Waals surface area contributed by atoms with Crippen molar-refractivity contribution in [3.05, 3.63) is 23.8 Å². The van der Waals surface area contributed by atoms with Crippen LogP contribution in [-0.4, -0.2) is 16.8 Å². The average Bonchev–Trinajstić information content (AvgIpc) is 2.17. The van der Waals surface area contributed by atoms with Gasteiger partial charge >= 0.3 is 0 Å². The Hall–Kier alpha value is -1.22. The summed E-state index contributed by atoms with van der Waals surface area (Å²) in [5, 5.41) is 9.70. The van der Waals surface area contributed by atoms with Crippen molar-refractivity contribution in [3.8, 4) is 5.75 Å². The van der Waals surface area contributed by atoms with Crippen molar-refractivity contribution in [1.29, 1.82) is 0 Å². The molecule has 0 atom stereocenters. The topological polar surface area (TPSA) is 58.6 Å². The van der Waals surface area contributed by atoms with E-state index in [0.717, 1.165) is 5.56 Å². The van der Waals surface area contributed by atoms with Gasteiger partial charge in [0.2, 0.25) is 0 Å². The highest BCUT2D eigenvalue weighted by Crippen LogP contribution is 2.29. The van der Waals surface area contributed by atoms with Gasteiger partial charge in [-0.15, -0.1) is 11.6 Å². The predicted molar refractivity (Wildman–Crippen MR) is 64.2 cm³/mol. The van der Waals surface area contributed by atoms with Crippen LogP contribution in [0.5, 0.6) is 5.75 Å². The Morgan fingerprint density at radius 3 is 2.67 bits per heavy atom. The van der Waals surface area contributed by atoms with E-state index in [4.69, 9.17) is 17.3 Å². The molecule has 0 saturated carbocycles. The van der Waals surface area contributed by atoms with E-state index in [1.807, 2.05) is 26.0 Å². The van der Waals surface area contributed by atoms with Gasteiger partial charge in [-0.2, -0.15) is 0 Å². The van der Waals surface area contributed by atoms with E-state index in [0.29, 0.717) is 11.5 Å². The van der Waals surface area contributed by atoms with E-state index in [1.54, 1.807) is 6.07 Å². The molecule has 0 radical (unpaired) electrons. The summed E-state index contributed by atoms with van der Waals surface area (Å²) in [6, 6.07) is 5.25. The fourth-order valence-electron chi connectivity index (χ4n) is 1.29. The van der Waals surface area contributed by atoms with Crippen molar-refractivity contribution < 1.29 is 5.11 Å². The van der Waals surface area contributed by atoms with E-state index >= 15 is 0 Å². The molecule has 3 N–H and O–H groups in total. The third-order valence-electron chi connectivity index (χ3n) is 2.05. The van der Waals surface area contributed by atoms with Crippen LogP contribution in [0.2, 0.25) is 0 Å². The zero-order chi connectivity index (χ0) is 11.4. The van der Waals surface area contributed by atoms with Crippen LogP contribution in [-0.2, 0) is 0 Å². The second-order valence-electron chi connectivity index (χ2n) is 3.63. The third-order valence-corrected chi connectivity index (χ3v) is 2.32. The molecular weight excluding hydrogens is 212 g/mol. The molecule has 0 heterocycles. The van der Waals surface area contributed by atoms with E-state index < -0.39 is 0 Å². The second-order valence-corrected chi connectivity index (χ2v) is 3.90. The van der Waals surface area contributed by atoms with Gasteiger partial charge in [0.05, 0.1) is 11.6 Å². The molecule has 0 aliphatic heterocycles. The molecule has 0 aliphatic rings. The highest BCUT2D eigenvalue weighted by molar-refractivity contribution is 6.28. The number of aromatic hydroxyl groups is 1. The SMILES string of the molecule is CC(C)c1ccc(N=C(N)CCl)cc1O. The van der Waals surface area contributed by atoms with Crippen LogP contribution in [0.15, 0.2) is 23.2 Å². The van der Waals surface area contributed by atoms with Gasteiger partial charge in [0.25, 0.3) is 0 Å². The highest BCUT2D eigenvalue weighted by atomic mass is 35.5. The summed E-state index contributed by atoms with van der Waals surface area (Å²) in [6.07, 6.45) is 0. The lowest BCUT2D eigenvalue weighted by Gasteiger charge is -2.08. The number of nitrogens with two attached hydrogens (primary N) is 1. The fraction of sp³-hybridized carbons (Fsp3) is 0.364. The lowest BCUT2D eigenvalue weighted by atomic mass is 10.0. The summed E-state index contributed by atoms with van der Waals surface area (Å²) in [5.74, 6) is 1.06. The minimum atomic E-state index is 0.187. The van der Waals surface area contributed by atoms with Crippen LogP contribution in [0, 0.1) is 0 Å². The summed E-state index contributed by atoms with van der Waals surface area (Å²) in [4.78, 5) is 4.04. The first-order valence-electron chi connectivity index (χ1n) is 4.76. The van der Waals surface area contributed by atoms with Gasteiger partial charge < -0.3 is 10.8 Å². The Bertz CT molecular complexity index is 375. The lowest BCUT2D eigenvalue weighted by Crippen LogP contribution is -2.12. The maximum absolute atomic E-state index is 9.70. The molecule has 0 unspecified atom stereocenters. The summed E-state index contributed by atoms with van der Waals surface area (Å²) in [7, 11) is 0. The minimum absolute atomic E-state index is 0.187. The van der Waals surface area contributed by atoms with Crippen LogP contribution < -0.4 is 5.73 Å². The number of nitrogens with zero attached hydrogens (tertiary/aromatic N) is 1. The largest absolute Gasteiger partial charge is 0.508 e. The number of phenolic OH excluding ortho intramolecular Hbond substituents is 1. The number of benzene rings is 1. The Morgan fingerprint density at radius 2 is 2.20 bits per heavy atom. The molecule has 0 bridgehead atoms. The summed E-state index contributed by atoms with van der Waals surface area (Å²) >= 11 is 5.51. The van der Waals surface area contributed by atoms with Crippen molar-refractivity contribution in [3.63, 3.8) is 0 Å². The van der Waals surface area contributed by atoms with Crippen LogP contribution in [0.25, 0.3) is 0 Å². The molecule has 1 aromatic carbocycles. The standard InChI is InChI=1S/C11H15ClN2O/c1-7(2)9-4-3-8(5-10(9)15)14-11(13)6-12/h3-5,7,15H,6H2,1-2H3,(H2,13,14). The number of aliphatic imine (C=N–C) groups is 1. The van der Waals surface area contributed by atoms with Gasteiger partial charge in [-0.25, -0.2) is 4.99 Å². The molecule has 3 nitrogen and oxygen atoms in total. The number of phenols is 1. The summed E-state index contributed by atoms with van der Waals surface area (Å²) in [5.41, 5.74) is 7.01. The third kappa shape index (κ3) is 3.13. The molecule has 0 fully saturated rings. The van der Waals surface area contributed by atoms with E-state index in [-0.39, 0.29) is 17.5 Å². The molecule has 0 spiro atoms. The van der Waals surface area contributed by atoms with E-state index in [2.05, 4.69) is 4.99 Å². The first-order valence-corrected chi connectivity index (χ1v) is 5.30. The van der Waals surface area contributed by atoms with Crippen LogP contribution in [0.4, 0.5) is 5.69 Å². The van der Waals surface area contributed by atoms with E-state index in [1.165, 1.54) is 0 Å². The number of rotatable bonds is 3. The van der Waals surface area contributed by atoms with Gasteiger partial charge in [0.1, 0.15) is 11.6 Å². The monoisotopic (exact) mass is 226 g/mol. The van der Waals surface area contributed by atoms with Crippen molar-refractivity contribution in [2.45, 2.75) is 19.8 Å². The smallest absolute Gasteiger partial charge is 0.121 e. The normalized spacial score (nSPS) is 12.1. The van der Waals surface area contributed by atoms with Crippen molar-refractivity contribution >= 4 is 23.1 Å². The quantitative estimate of drug-likeness (QED) is 0.473. The molecular formula is C11H15ClN2O. The molecule has 1 rings (SSSR count). The van der Waals surface area contributed by atoms with Gasteiger partial charge in [0.15, 0.2) is 0 Å². The van der Waals surface area contributed by atoms with Crippen LogP contribution >= 0.6 is 11.6 Å². The van der Waals surface area contributed by atoms with Gasteiger partial charge in [-0.3, -0.25) is 0 Å². The van der Waals surface area contributed by atoms with Gasteiger partial charge in [-0.1, -0.05) is 19.9 Å². The zero-order valence-corrected chi connectivity index (χ0v) is 9.62. The van der Waals surface area contributed by atoms with Crippen LogP contribution in [0.1, 0.15) is 25.3 Å². The Morgan fingerprint density at radius 1 is 1.53 bits per heavy atom. The summed E-state index contributed by atoms with van der Waals surface area (Å²) < 4.78 is 0. The highest BCUT2D eigenvalue weighted by Gasteiger charge is 2.06. The molecule has 82 valence electrons. The first-order chi connectivity index (χ1) is 7.04. The number of hydrogen-bond donors (Lipinski definition) is 2.